The number of ether oxygens (including phenoxy) is 2. The van der Waals surface area contributed by atoms with Crippen LogP contribution < -0.4 is 0 Å². The number of benzene rings is 1. The van der Waals surface area contributed by atoms with Gasteiger partial charge in [0.25, 0.3) is 0 Å². The Kier molecular flexibility index (Phi) is 9.26. The maximum Gasteiger partial charge on any atom is 0.0900 e. The van der Waals surface area contributed by atoms with Gasteiger partial charge in [-0.25, -0.2) is 0 Å². The van der Waals surface area contributed by atoms with Gasteiger partial charge in [-0.3, -0.25) is 4.90 Å². The van der Waals surface area contributed by atoms with Crippen LogP contribution >= 0.6 is 0 Å². The lowest BCUT2D eigenvalue weighted by Crippen LogP contribution is -2.36. The van der Waals surface area contributed by atoms with Crippen LogP contribution in [0.25, 0.3) is 0 Å². The molecule has 0 radical (unpaired) electrons. The molecule has 0 aliphatic carbocycles. The van der Waals surface area contributed by atoms with Crippen molar-refractivity contribution in [3.8, 4) is 0 Å². The summed E-state index contributed by atoms with van der Waals surface area (Å²) in [6.07, 6.45) is -0.468. The van der Waals surface area contributed by atoms with E-state index in [9.17, 15) is 5.11 Å². The monoisotopic (exact) mass is 295 g/mol. The van der Waals surface area contributed by atoms with Crippen molar-refractivity contribution in [2.24, 2.45) is 5.92 Å². The molecule has 1 rings (SSSR count). The van der Waals surface area contributed by atoms with Gasteiger partial charge in [-0.1, -0.05) is 44.2 Å². The van der Waals surface area contributed by atoms with E-state index in [-0.39, 0.29) is 0 Å². The highest BCUT2D eigenvalue weighted by Gasteiger charge is 2.12. The number of nitrogens with zero attached hydrogens (tertiary/aromatic N) is 1. The number of rotatable bonds is 11. The van der Waals surface area contributed by atoms with Crippen molar-refractivity contribution >= 4 is 0 Å². The Morgan fingerprint density at radius 2 is 1.86 bits per heavy atom. The molecule has 4 nitrogen and oxygen atoms in total. The van der Waals surface area contributed by atoms with Crippen LogP contribution in [0.3, 0.4) is 0 Å². The molecule has 21 heavy (non-hydrogen) atoms. The van der Waals surface area contributed by atoms with E-state index in [1.807, 2.05) is 18.2 Å². The molecule has 0 aromatic heterocycles. The molecule has 1 aromatic carbocycles. The Labute approximate surface area is 128 Å². The van der Waals surface area contributed by atoms with Crippen LogP contribution in [0.1, 0.15) is 19.4 Å². The standard InChI is InChI=1S/C17H29NO3/c1-15(2)13-21-14-17(19)12-18(9-10-20-3)11-16-7-5-4-6-8-16/h4-8,15,17,19H,9-14H2,1-3H3/t17-/m0/s1. The van der Waals surface area contributed by atoms with Gasteiger partial charge in [-0.15, -0.1) is 0 Å². The Morgan fingerprint density at radius 1 is 1.14 bits per heavy atom. The van der Waals surface area contributed by atoms with Crippen molar-refractivity contribution in [3.05, 3.63) is 35.9 Å². The second-order valence-corrected chi connectivity index (χ2v) is 5.80. The van der Waals surface area contributed by atoms with Crippen molar-refractivity contribution in [1.29, 1.82) is 0 Å². The first kappa shape index (κ1) is 18.1. The summed E-state index contributed by atoms with van der Waals surface area (Å²) in [5.41, 5.74) is 1.24. The minimum atomic E-state index is -0.468. The molecule has 0 heterocycles. The van der Waals surface area contributed by atoms with Crippen molar-refractivity contribution < 1.29 is 14.6 Å². The van der Waals surface area contributed by atoms with E-state index in [0.717, 1.165) is 13.1 Å². The van der Waals surface area contributed by atoms with Crippen LogP contribution in [0.15, 0.2) is 30.3 Å². The van der Waals surface area contributed by atoms with Gasteiger partial charge in [-0.2, -0.15) is 0 Å². The first-order chi connectivity index (χ1) is 10.1. The lowest BCUT2D eigenvalue weighted by Gasteiger charge is -2.25. The molecule has 1 aromatic rings. The summed E-state index contributed by atoms with van der Waals surface area (Å²) in [5, 5.41) is 10.1. The second-order valence-electron chi connectivity index (χ2n) is 5.80. The Bertz CT molecular complexity index is 356. The predicted octanol–water partition coefficient (Wildman–Crippen LogP) is 2.17. The molecule has 0 aliphatic rings. The van der Waals surface area contributed by atoms with E-state index in [4.69, 9.17) is 9.47 Å². The molecular formula is C17H29NO3. The minimum Gasteiger partial charge on any atom is -0.389 e. The van der Waals surface area contributed by atoms with Gasteiger partial charge >= 0.3 is 0 Å². The molecule has 120 valence electrons. The van der Waals surface area contributed by atoms with Crippen molar-refractivity contribution in [2.75, 3.05) is 40.0 Å². The Morgan fingerprint density at radius 3 is 2.48 bits per heavy atom. The summed E-state index contributed by atoms with van der Waals surface area (Å²) >= 11 is 0. The molecule has 0 fully saturated rings. The number of aliphatic hydroxyl groups is 1. The fourth-order valence-corrected chi connectivity index (χ4v) is 2.09. The highest BCUT2D eigenvalue weighted by molar-refractivity contribution is 5.14. The summed E-state index contributed by atoms with van der Waals surface area (Å²) < 4.78 is 10.7. The highest BCUT2D eigenvalue weighted by Crippen LogP contribution is 2.06. The molecule has 0 aliphatic heterocycles. The Balaban J connectivity index is 2.41. The first-order valence-corrected chi connectivity index (χ1v) is 7.62. The van der Waals surface area contributed by atoms with E-state index in [1.165, 1.54) is 5.56 Å². The number of hydrogen-bond acceptors (Lipinski definition) is 4. The SMILES string of the molecule is COCCN(Cc1ccccc1)C[C@H](O)COCC(C)C. The van der Waals surface area contributed by atoms with Crippen molar-refractivity contribution in [2.45, 2.75) is 26.5 Å². The third kappa shape index (κ3) is 8.83. The molecular weight excluding hydrogens is 266 g/mol. The third-order valence-electron chi connectivity index (χ3n) is 3.09. The quantitative estimate of drug-likeness (QED) is 0.679. The van der Waals surface area contributed by atoms with Gasteiger partial charge in [0.2, 0.25) is 0 Å². The molecule has 4 heteroatoms. The van der Waals surface area contributed by atoms with E-state index in [1.54, 1.807) is 7.11 Å². The fraction of sp³-hybridized carbons (Fsp3) is 0.647. The molecule has 0 unspecified atom stereocenters. The van der Waals surface area contributed by atoms with Crippen LogP contribution in [-0.2, 0) is 16.0 Å². The van der Waals surface area contributed by atoms with Crippen LogP contribution in [0.5, 0.6) is 0 Å². The predicted molar refractivity (Wildman–Crippen MR) is 85.3 cm³/mol. The molecule has 0 amide bonds. The zero-order valence-electron chi connectivity index (χ0n) is 13.5. The number of methoxy groups -OCH3 is 1. The molecule has 0 saturated heterocycles. The number of hydrogen-bond donors (Lipinski definition) is 1. The van der Waals surface area contributed by atoms with Crippen LogP contribution in [0.4, 0.5) is 0 Å². The average Bonchev–Trinajstić information content (AvgIpc) is 2.45. The topological polar surface area (TPSA) is 41.9 Å². The summed E-state index contributed by atoms with van der Waals surface area (Å²) in [4.78, 5) is 2.20. The van der Waals surface area contributed by atoms with Gasteiger partial charge in [0.1, 0.15) is 0 Å². The summed E-state index contributed by atoms with van der Waals surface area (Å²) in [7, 11) is 1.70. The maximum absolute atomic E-state index is 10.1. The zero-order valence-corrected chi connectivity index (χ0v) is 13.5. The summed E-state index contributed by atoms with van der Waals surface area (Å²) in [5.74, 6) is 0.492. The fourth-order valence-electron chi connectivity index (χ4n) is 2.09. The molecule has 0 spiro atoms. The zero-order chi connectivity index (χ0) is 15.5. The van der Waals surface area contributed by atoms with Gasteiger partial charge in [0.15, 0.2) is 0 Å². The first-order valence-electron chi connectivity index (χ1n) is 7.62. The molecule has 0 bridgehead atoms. The van der Waals surface area contributed by atoms with Crippen LogP contribution in [-0.4, -0.2) is 56.1 Å². The van der Waals surface area contributed by atoms with E-state index in [2.05, 4.69) is 30.9 Å². The molecule has 1 atom stereocenters. The van der Waals surface area contributed by atoms with Crippen molar-refractivity contribution in [1.82, 2.24) is 4.90 Å². The van der Waals surface area contributed by atoms with Gasteiger partial charge in [0.05, 0.1) is 19.3 Å². The Hall–Kier alpha value is -0.940. The van der Waals surface area contributed by atoms with Crippen molar-refractivity contribution in [3.63, 3.8) is 0 Å². The van der Waals surface area contributed by atoms with Crippen LogP contribution in [0, 0.1) is 5.92 Å². The third-order valence-corrected chi connectivity index (χ3v) is 3.09. The second kappa shape index (κ2) is 10.7. The summed E-state index contributed by atoms with van der Waals surface area (Å²) in [6.45, 7) is 8.14. The average molecular weight is 295 g/mol. The smallest absolute Gasteiger partial charge is 0.0900 e. The van der Waals surface area contributed by atoms with E-state index >= 15 is 0 Å². The maximum atomic E-state index is 10.1. The molecule has 1 N–H and O–H groups in total. The largest absolute Gasteiger partial charge is 0.389 e. The molecule has 0 saturated carbocycles. The minimum absolute atomic E-state index is 0.385. The highest BCUT2D eigenvalue weighted by atomic mass is 16.5. The van der Waals surface area contributed by atoms with E-state index in [0.29, 0.717) is 32.3 Å². The van der Waals surface area contributed by atoms with Gasteiger partial charge in [0, 0.05) is 33.4 Å². The lowest BCUT2D eigenvalue weighted by molar-refractivity contribution is 0.00336. The number of aliphatic hydroxyl groups excluding tert-OH is 1. The van der Waals surface area contributed by atoms with E-state index < -0.39 is 6.10 Å². The lowest BCUT2D eigenvalue weighted by atomic mass is 10.2. The van der Waals surface area contributed by atoms with Crippen LogP contribution in [0.2, 0.25) is 0 Å². The van der Waals surface area contributed by atoms with Gasteiger partial charge < -0.3 is 14.6 Å². The summed E-state index contributed by atoms with van der Waals surface area (Å²) in [6, 6.07) is 10.3. The normalized spacial score (nSPS) is 13.0. The van der Waals surface area contributed by atoms with Gasteiger partial charge in [-0.05, 0) is 11.5 Å².